The van der Waals surface area contributed by atoms with Gasteiger partial charge >= 0.3 is 6.09 Å². The van der Waals surface area contributed by atoms with E-state index < -0.39 is 0 Å². The number of likely N-dealkylation sites (tertiary alicyclic amines) is 1. The molecule has 0 radical (unpaired) electrons. The van der Waals surface area contributed by atoms with Crippen molar-refractivity contribution in [2.75, 3.05) is 20.1 Å². The third-order valence-corrected chi connectivity index (χ3v) is 4.24. The number of nitrogens with one attached hydrogen (secondary N) is 1. The number of hydrogen-bond acceptors (Lipinski definition) is 3. The topological polar surface area (TPSA) is 41.6 Å². The Hall–Kier alpha value is -0.770. The van der Waals surface area contributed by atoms with Gasteiger partial charge in [-0.2, -0.15) is 0 Å². The van der Waals surface area contributed by atoms with Crippen LogP contribution < -0.4 is 5.32 Å². The summed E-state index contributed by atoms with van der Waals surface area (Å²) in [5, 5.41) is 3.33. The summed E-state index contributed by atoms with van der Waals surface area (Å²) in [5.74, 6) is 0. The molecule has 0 aromatic heterocycles. The lowest BCUT2D eigenvalue weighted by molar-refractivity contribution is -0.0150. The van der Waals surface area contributed by atoms with Gasteiger partial charge in [0.15, 0.2) is 0 Å². The minimum absolute atomic E-state index is 0.151. The second kappa shape index (κ2) is 4.72. The average Bonchev–Trinajstić information content (AvgIpc) is 2.23. The number of nitrogens with zero attached hydrogens (tertiary/aromatic N) is 1. The highest BCUT2D eigenvalue weighted by Gasteiger charge is 2.46. The maximum absolute atomic E-state index is 11.9. The molecule has 0 bridgehead atoms. The monoisotopic (exact) mass is 254 g/mol. The first kappa shape index (κ1) is 13.7. The first-order chi connectivity index (χ1) is 8.34. The standard InChI is InChI=1S/C14H26N2O2/c1-13(2,3)18-12(17)16-7-5-14(6-8-16)9-11(10-14)15-4/h11,15H,5-10H2,1-4H3. The van der Waals surface area contributed by atoms with E-state index in [4.69, 9.17) is 4.74 Å². The molecule has 18 heavy (non-hydrogen) atoms. The van der Waals surface area contributed by atoms with Crippen molar-refractivity contribution >= 4 is 6.09 Å². The highest BCUT2D eigenvalue weighted by molar-refractivity contribution is 5.68. The first-order valence-corrected chi connectivity index (χ1v) is 6.99. The molecule has 2 aliphatic rings. The molecule has 4 heteroatoms. The molecule has 1 aliphatic carbocycles. The van der Waals surface area contributed by atoms with Gasteiger partial charge in [-0.1, -0.05) is 0 Å². The SMILES string of the molecule is CNC1CC2(CCN(C(=O)OC(C)(C)C)CC2)C1. The van der Waals surface area contributed by atoms with Crippen molar-refractivity contribution in [3.63, 3.8) is 0 Å². The molecule has 104 valence electrons. The summed E-state index contributed by atoms with van der Waals surface area (Å²) in [6.45, 7) is 7.45. The van der Waals surface area contributed by atoms with Gasteiger partial charge in [0.2, 0.25) is 0 Å². The van der Waals surface area contributed by atoms with E-state index >= 15 is 0 Å². The van der Waals surface area contributed by atoms with Crippen molar-refractivity contribution in [3.8, 4) is 0 Å². The van der Waals surface area contributed by atoms with Crippen molar-refractivity contribution < 1.29 is 9.53 Å². The van der Waals surface area contributed by atoms with Crippen molar-refractivity contribution in [2.24, 2.45) is 5.41 Å². The van der Waals surface area contributed by atoms with Crippen LogP contribution in [0.3, 0.4) is 0 Å². The Bertz CT molecular complexity index is 306. The van der Waals surface area contributed by atoms with Gasteiger partial charge in [-0.15, -0.1) is 0 Å². The Balaban J connectivity index is 1.79. The zero-order valence-electron chi connectivity index (χ0n) is 12.1. The van der Waals surface area contributed by atoms with E-state index in [1.165, 1.54) is 12.8 Å². The van der Waals surface area contributed by atoms with Crippen LogP contribution >= 0.6 is 0 Å². The third-order valence-electron chi connectivity index (χ3n) is 4.24. The molecule has 0 atom stereocenters. The fourth-order valence-electron chi connectivity index (χ4n) is 3.09. The maximum atomic E-state index is 11.9. The molecule has 0 aromatic rings. The maximum Gasteiger partial charge on any atom is 0.410 e. The second-order valence-corrected chi connectivity index (χ2v) is 6.86. The predicted molar refractivity (Wildman–Crippen MR) is 71.6 cm³/mol. The summed E-state index contributed by atoms with van der Waals surface area (Å²) in [6, 6.07) is 0.693. The molecular weight excluding hydrogens is 228 g/mol. The van der Waals surface area contributed by atoms with Gasteiger partial charge < -0.3 is 15.0 Å². The largest absolute Gasteiger partial charge is 0.444 e. The molecular formula is C14H26N2O2. The van der Waals surface area contributed by atoms with E-state index in [0.29, 0.717) is 11.5 Å². The molecule has 4 nitrogen and oxygen atoms in total. The van der Waals surface area contributed by atoms with Crippen LogP contribution in [0.5, 0.6) is 0 Å². The lowest BCUT2D eigenvalue weighted by Gasteiger charge is -2.52. The minimum atomic E-state index is -0.389. The van der Waals surface area contributed by atoms with Crippen LogP contribution in [0, 0.1) is 5.41 Å². The normalized spacial score (nSPS) is 23.9. The van der Waals surface area contributed by atoms with Gasteiger partial charge in [0.05, 0.1) is 0 Å². The number of carbonyl (C=O) groups excluding carboxylic acids is 1. The summed E-state index contributed by atoms with van der Waals surface area (Å²) in [5.41, 5.74) is 0.117. The molecule has 2 fully saturated rings. The van der Waals surface area contributed by atoms with Crippen LogP contribution in [0.4, 0.5) is 4.79 Å². The minimum Gasteiger partial charge on any atom is -0.444 e. The van der Waals surface area contributed by atoms with Crippen LogP contribution in [-0.4, -0.2) is 42.8 Å². The predicted octanol–water partition coefficient (Wildman–Crippen LogP) is 2.39. The fraction of sp³-hybridized carbons (Fsp3) is 0.929. The lowest BCUT2D eigenvalue weighted by atomic mass is 9.60. The molecule has 0 aromatic carbocycles. The second-order valence-electron chi connectivity index (χ2n) is 6.86. The molecule has 1 amide bonds. The number of carbonyl (C=O) groups is 1. The summed E-state index contributed by atoms with van der Waals surface area (Å²) in [4.78, 5) is 13.8. The molecule has 1 spiro atoms. The molecule has 1 heterocycles. The van der Waals surface area contributed by atoms with Crippen LogP contribution in [0.1, 0.15) is 46.5 Å². The van der Waals surface area contributed by atoms with Crippen molar-refractivity contribution in [1.82, 2.24) is 10.2 Å². The van der Waals surface area contributed by atoms with Crippen molar-refractivity contribution in [3.05, 3.63) is 0 Å². The van der Waals surface area contributed by atoms with E-state index in [2.05, 4.69) is 5.32 Å². The van der Waals surface area contributed by atoms with Gasteiger partial charge in [0, 0.05) is 19.1 Å². The number of amides is 1. The van der Waals surface area contributed by atoms with Crippen molar-refractivity contribution in [1.29, 1.82) is 0 Å². The Morgan fingerprint density at radius 2 is 1.83 bits per heavy atom. The highest BCUT2D eigenvalue weighted by Crippen LogP contribution is 2.48. The number of piperidine rings is 1. The van der Waals surface area contributed by atoms with Gasteiger partial charge in [-0.3, -0.25) is 0 Å². The van der Waals surface area contributed by atoms with Crippen molar-refractivity contribution in [2.45, 2.75) is 58.1 Å². The van der Waals surface area contributed by atoms with E-state index in [-0.39, 0.29) is 11.7 Å². The van der Waals surface area contributed by atoms with Crippen LogP contribution in [0.25, 0.3) is 0 Å². The average molecular weight is 254 g/mol. The third kappa shape index (κ3) is 2.97. The first-order valence-electron chi connectivity index (χ1n) is 6.99. The number of ether oxygens (including phenoxy) is 1. The molecule has 1 saturated heterocycles. The van der Waals surface area contributed by atoms with E-state index in [9.17, 15) is 4.79 Å². The molecule has 1 aliphatic heterocycles. The van der Waals surface area contributed by atoms with Crippen LogP contribution in [0.15, 0.2) is 0 Å². The van der Waals surface area contributed by atoms with E-state index in [1.54, 1.807) is 0 Å². The number of hydrogen-bond donors (Lipinski definition) is 1. The summed E-state index contributed by atoms with van der Waals surface area (Å²) in [7, 11) is 2.04. The van der Waals surface area contributed by atoms with E-state index in [0.717, 1.165) is 25.9 Å². The quantitative estimate of drug-likeness (QED) is 0.781. The molecule has 1 saturated carbocycles. The van der Waals surface area contributed by atoms with E-state index in [1.807, 2.05) is 32.7 Å². The summed E-state index contributed by atoms with van der Waals surface area (Å²) >= 11 is 0. The Labute approximate surface area is 110 Å². The zero-order valence-corrected chi connectivity index (χ0v) is 12.1. The van der Waals surface area contributed by atoms with Gasteiger partial charge in [-0.25, -0.2) is 4.79 Å². The zero-order chi connectivity index (χ0) is 13.4. The van der Waals surface area contributed by atoms with Crippen LogP contribution in [0.2, 0.25) is 0 Å². The number of rotatable bonds is 1. The molecule has 2 rings (SSSR count). The lowest BCUT2D eigenvalue weighted by Crippen LogP contribution is -2.54. The fourth-order valence-corrected chi connectivity index (χ4v) is 3.09. The van der Waals surface area contributed by atoms with Crippen LogP contribution in [-0.2, 0) is 4.74 Å². The molecule has 0 unspecified atom stereocenters. The summed E-state index contributed by atoms with van der Waals surface area (Å²) in [6.07, 6.45) is 4.65. The van der Waals surface area contributed by atoms with Gasteiger partial charge in [0.1, 0.15) is 5.60 Å². The smallest absolute Gasteiger partial charge is 0.410 e. The Morgan fingerprint density at radius 3 is 2.28 bits per heavy atom. The van der Waals surface area contributed by atoms with Gasteiger partial charge in [0.25, 0.3) is 0 Å². The highest BCUT2D eigenvalue weighted by atomic mass is 16.6. The Kier molecular flexibility index (Phi) is 3.58. The Morgan fingerprint density at radius 1 is 1.28 bits per heavy atom. The summed E-state index contributed by atoms with van der Waals surface area (Å²) < 4.78 is 5.41. The molecule has 1 N–H and O–H groups in total. The van der Waals surface area contributed by atoms with Gasteiger partial charge in [-0.05, 0) is 58.9 Å².